The van der Waals surface area contributed by atoms with Gasteiger partial charge in [-0.2, -0.15) is 0 Å². The maximum Gasteiger partial charge on any atom is 0.180 e. The lowest BCUT2D eigenvalue weighted by Crippen LogP contribution is -2.23. The van der Waals surface area contributed by atoms with Gasteiger partial charge in [-0.05, 0) is 13.0 Å². The highest BCUT2D eigenvalue weighted by Crippen LogP contribution is 2.35. The summed E-state index contributed by atoms with van der Waals surface area (Å²) in [4.78, 5) is 4.14. The normalized spacial score (nSPS) is 14.6. The first-order chi connectivity index (χ1) is 7.93. The molecule has 0 saturated carbocycles. The van der Waals surface area contributed by atoms with E-state index >= 15 is 0 Å². The van der Waals surface area contributed by atoms with Crippen molar-refractivity contribution in [2.24, 2.45) is 0 Å². The molecule has 17 heavy (non-hydrogen) atoms. The molecule has 0 fully saturated rings. The highest BCUT2D eigenvalue weighted by Gasteiger charge is 2.32. The van der Waals surface area contributed by atoms with Crippen molar-refractivity contribution in [3.8, 4) is 0 Å². The minimum Gasteiger partial charge on any atom is -0.380 e. The highest BCUT2D eigenvalue weighted by molar-refractivity contribution is 7.15. The van der Waals surface area contributed by atoms with Crippen LogP contribution in [0.15, 0.2) is 24.4 Å². The molecule has 0 aliphatic carbocycles. The van der Waals surface area contributed by atoms with Crippen LogP contribution in [0.2, 0.25) is 0 Å². The molecule has 0 aliphatic rings. The Morgan fingerprint density at radius 3 is 2.71 bits per heavy atom. The van der Waals surface area contributed by atoms with Gasteiger partial charge in [-0.15, -0.1) is 0 Å². The lowest BCUT2D eigenvalue weighted by Gasteiger charge is -2.22. The largest absolute Gasteiger partial charge is 0.380 e. The number of hydrogen-bond donors (Lipinski definition) is 2. The third kappa shape index (κ3) is 2.01. The minimum atomic E-state index is -1.65. The van der Waals surface area contributed by atoms with Gasteiger partial charge in [0.05, 0.1) is 4.88 Å². The molecule has 3 nitrogen and oxygen atoms in total. The van der Waals surface area contributed by atoms with Crippen LogP contribution < -0.4 is 5.73 Å². The highest BCUT2D eigenvalue weighted by atomic mass is 32.1. The van der Waals surface area contributed by atoms with E-state index in [1.807, 2.05) is 0 Å². The second-order valence-corrected chi connectivity index (χ2v) is 4.80. The van der Waals surface area contributed by atoms with Crippen molar-refractivity contribution in [2.75, 3.05) is 5.73 Å². The first-order valence-electron chi connectivity index (χ1n) is 4.81. The standard InChI is InChI=1S/C11H10F2N2OS/c1-11(16,8-5-15-10(14)17-8)6-3-2-4-7(12)9(6)13/h2-5,16H,1H3,(H2,14,15). The van der Waals surface area contributed by atoms with Crippen LogP contribution in [0.25, 0.3) is 0 Å². The summed E-state index contributed by atoms with van der Waals surface area (Å²) in [6, 6.07) is 3.66. The van der Waals surface area contributed by atoms with Gasteiger partial charge in [-0.3, -0.25) is 0 Å². The van der Waals surface area contributed by atoms with Gasteiger partial charge in [0.15, 0.2) is 16.8 Å². The molecule has 0 aliphatic heterocycles. The van der Waals surface area contributed by atoms with Gasteiger partial charge in [0.25, 0.3) is 0 Å². The predicted molar refractivity (Wildman–Crippen MR) is 61.6 cm³/mol. The minimum absolute atomic E-state index is 0.138. The van der Waals surface area contributed by atoms with Crippen LogP contribution in [0.5, 0.6) is 0 Å². The number of nitrogens with zero attached hydrogens (tertiary/aromatic N) is 1. The molecule has 3 N–H and O–H groups in total. The molecule has 90 valence electrons. The van der Waals surface area contributed by atoms with E-state index in [-0.39, 0.29) is 10.7 Å². The molecule has 1 aromatic heterocycles. The molecule has 6 heteroatoms. The molecule has 2 rings (SSSR count). The summed E-state index contributed by atoms with van der Waals surface area (Å²) in [5.41, 5.74) is 3.66. The molecule has 1 unspecified atom stereocenters. The summed E-state index contributed by atoms with van der Waals surface area (Å²) in [5, 5.41) is 10.5. The van der Waals surface area contributed by atoms with Crippen molar-refractivity contribution in [3.63, 3.8) is 0 Å². The number of aliphatic hydroxyl groups is 1. The maximum absolute atomic E-state index is 13.6. The Balaban J connectivity index is 2.55. The summed E-state index contributed by atoms with van der Waals surface area (Å²) in [6.07, 6.45) is 1.35. The van der Waals surface area contributed by atoms with E-state index in [4.69, 9.17) is 5.73 Å². The molecule has 1 aromatic carbocycles. The Bertz CT molecular complexity index is 554. The van der Waals surface area contributed by atoms with Crippen LogP contribution in [0, 0.1) is 11.6 Å². The fourth-order valence-electron chi connectivity index (χ4n) is 1.53. The second-order valence-electron chi connectivity index (χ2n) is 3.74. The van der Waals surface area contributed by atoms with Gasteiger partial charge in [0.1, 0.15) is 5.60 Å². The molecule has 0 saturated heterocycles. The van der Waals surface area contributed by atoms with Gasteiger partial charge in [-0.1, -0.05) is 23.5 Å². The summed E-state index contributed by atoms with van der Waals surface area (Å²) in [6.45, 7) is 1.37. The number of rotatable bonds is 2. The number of halogens is 2. The second kappa shape index (κ2) is 4.05. The number of aromatic nitrogens is 1. The zero-order valence-corrected chi connectivity index (χ0v) is 9.76. The van der Waals surface area contributed by atoms with E-state index in [2.05, 4.69) is 4.98 Å². The van der Waals surface area contributed by atoms with Crippen LogP contribution in [0.3, 0.4) is 0 Å². The molecule has 0 spiro atoms. The van der Waals surface area contributed by atoms with Gasteiger partial charge in [0.2, 0.25) is 0 Å². The van der Waals surface area contributed by atoms with E-state index in [1.165, 1.54) is 25.3 Å². The fourth-order valence-corrected chi connectivity index (χ4v) is 2.27. The SMILES string of the molecule is CC(O)(c1cnc(N)s1)c1cccc(F)c1F. The Morgan fingerprint density at radius 2 is 2.12 bits per heavy atom. The number of anilines is 1. The first kappa shape index (κ1) is 11.9. The van der Waals surface area contributed by atoms with Crippen molar-refractivity contribution < 1.29 is 13.9 Å². The summed E-state index contributed by atoms with van der Waals surface area (Å²) in [7, 11) is 0. The van der Waals surface area contributed by atoms with Crippen molar-refractivity contribution in [1.29, 1.82) is 0 Å². The lowest BCUT2D eigenvalue weighted by atomic mass is 9.94. The number of nitrogens with two attached hydrogens (primary N) is 1. The summed E-state index contributed by atoms with van der Waals surface area (Å²) < 4.78 is 26.7. The molecular formula is C11H10F2N2OS. The zero-order chi connectivity index (χ0) is 12.6. The van der Waals surface area contributed by atoms with Crippen LogP contribution in [0.1, 0.15) is 17.4 Å². The lowest BCUT2D eigenvalue weighted by molar-refractivity contribution is 0.101. The molecule has 0 radical (unpaired) electrons. The third-order valence-electron chi connectivity index (χ3n) is 2.48. The summed E-state index contributed by atoms with van der Waals surface area (Å²) >= 11 is 1.03. The molecule has 0 amide bonds. The van der Waals surface area contributed by atoms with Crippen LogP contribution >= 0.6 is 11.3 Å². The van der Waals surface area contributed by atoms with Crippen molar-refractivity contribution in [1.82, 2.24) is 4.98 Å². The monoisotopic (exact) mass is 256 g/mol. The van der Waals surface area contributed by atoms with Gasteiger partial charge in [0, 0.05) is 11.8 Å². The smallest absolute Gasteiger partial charge is 0.180 e. The fraction of sp³-hybridized carbons (Fsp3) is 0.182. The van der Waals surface area contributed by atoms with Crippen LogP contribution in [0.4, 0.5) is 13.9 Å². The molecule has 0 bridgehead atoms. The number of thiazole rings is 1. The van der Waals surface area contributed by atoms with Gasteiger partial charge < -0.3 is 10.8 Å². The van der Waals surface area contributed by atoms with E-state index in [1.54, 1.807) is 0 Å². The maximum atomic E-state index is 13.6. The quantitative estimate of drug-likeness (QED) is 0.866. The molecule has 1 atom stereocenters. The number of hydrogen-bond acceptors (Lipinski definition) is 4. The van der Waals surface area contributed by atoms with E-state index in [9.17, 15) is 13.9 Å². The molecule has 1 heterocycles. The van der Waals surface area contributed by atoms with Crippen molar-refractivity contribution in [3.05, 3.63) is 46.5 Å². The Labute approximate surface area is 101 Å². The van der Waals surface area contributed by atoms with Gasteiger partial charge in [-0.25, -0.2) is 13.8 Å². The Hall–Kier alpha value is -1.53. The number of nitrogen functional groups attached to an aromatic ring is 1. The summed E-state index contributed by atoms with van der Waals surface area (Å²) in [5.74, 6) is -2.07. The molecule has 2 aromatic rings. The van der Waals surface area contributed by atoms with E-state index in [0.29, 0.717) is 4.88 Å². The number of benzene rings is 1. The third-order valence-corrected chi connectivity index (χ3v) is 3.52. The van der Waals surface area contributed by atoms with Crippen LogP contribution in [-0.2, 0) is 5.60 Å². The van der Waals surface area contributed by atoms with Crippen LogP contribution in [-0.4, -0.2) is 10.1 Å². The van der Waals surface area contributed by atoms with Gasteiger partial charge >= 0.3 is 0 Å². The van der Waals surface area contributed by atoms with E-state index in [0.717, 1.165) is 17.4 Å². The molecular weight excluding hydrogens is 246 g/mol. The predicted octanol–water partition coefficient (Wildman–Crippen LogP) is 2.26. The average molecular weight is 256 g/mol. The van der Waals surface area contributed by atoms with E-state index < -0.39 is 17.2 Å². The Kier molecular flexibility index (Phi) is 2.84. The van der Waals surface area contributed by atoms with Crippen molar-refractivity contribution in [2.45, 2.75) is 12.5 Å². The Morgan fingerprint density at radius 1 is 1.41 bits per heavy atom. The average Bonchev–Trinajstić information content (AvgIpc) is 2.69. The first-order valence-corrected chi connectivity index (χ1v) is 5.63. The topological polar surface area (TPSA) is 59.1 Å². The zero-order valence-electron chi connectivity index (χ0n) is 8.95. The van der Waals surface area contributed by atoms with Crippen molar-refractivity contribution >= 4 is 16.5 Å².